The van der Waals surface area contributed by atoms with Gasteiger partial charge in [0.25, 0.3) is 0 Å². The molecule has 0 bridgehead atoms. The Morgan fingerprint density at radius 2 is 2.21 bits per heavy atom. The van der Waals surface area contributed by atoms with Gasteiger partial charge in [0.05, 0.1) is 0 Å². The van der Waals surface area contributed by atoms with Crippen LogP contribution in [0.25, 0.3) is 0 Å². The average Bonchev–Trinajstić information content (AvgIpc) is 2.26. The molecule has 0 fully saturated rings. The summed E-state index contributed by atoms with van der Waals surface area (Å²) in [7, 11) is 0. The molecule has 1 aromatic heterocycles. The minimum Gasteiger partial charge on any atom is -0.411 e. The molecular formula is C8H10N4O2. The Morgan fingerprint density at radius 1 is 1.43 bits per heavy atom. The zero-order chi connectivity index (χ0) is 10.4. The van der Waals surface area contributed by atoms with E-state index in [4.69, 9.17) is 16.1 Å². The van der Waals surface area contributed by atoms with E-state index in [0.717, 1.165) is 5.56 Å². The molecule has 6 nitrogen and oxygen atoms in total. The maximum Gasteiger partial charge on any atom is 0.188 e. The quantitative estimate of drug-likeness (QED) is 0.276. The molecule has 0 radical (unpaired) electrons. The third kappa shape index (κ3) is 2.44. The third-order valence-corrected chi connectivity index (χ3v) is 1.62. The van der Waals surface area contributed by atoms with Gasteiger partial charge in [0, 0.05) is 18.8 Å². The van der Waals surface area contributed by atoms with Crippen LogP contribution in [-0.2, 0) is 6.42 Å². The zero-order valence-electron chi connectivity index (χ0n) is 7.33. The summed E-state index contributed by atoms with van der Waals surface area (Å²) >= 11 is 0. The van der Waals surface area contributed by atoms with Crippen molar-refractivity contribution in [1.82, 2.24) is 4.98 Å². The minimum atomic E-state index is -0.212. The smallest absolute Gasteiger partial charge is 0.188 e. The first-order valence-corrected chi connectivity index (χ1v) is 3.85. The molecule has 74 valence electrons. The fraction of sp³-hybridized carbons (Fsp3) is 0.125. The molecule has 1 heterocycles. The molecule has 0 aliphatic heterocycles. The van der Waals surface area contributed by atoms with Gasteiger partial charge >= 0.3 is 0 Å². The molecule has 0 aliphatic carbocycles. The lowest BCUT2D eigenvalue weighted by Crippen LogP contribution is -2.25. The van der Waals surface area contributed by atoms with Gasteiger partial charge in [-0.05, 0) is 11.6 Å². The van der Waals surface area contributed by atoms with Gasteiger partial charge in [-0.1, -0.05) is 16.4 Å². The number of rotatable bonds is 3. The van der Waals surface area contributed by atoms with Crippen molar-refractivity contribution in [3.8, 4) is 0 Å². The van der Waals surface area contributed by atoms with Crippen LogP contribution < -0.4 is 5.73 Å². The van der Waals surface area contributed by atoms with Crippen molar-refractivity contribution in [2.45, 2.75) is 6.42 Å². The van der Waals surface area contributed by atoms with E-state index >= 15 is 0 Å². The second-order valence-electron chi connectivity index (χ2n) is 2.57. The highest BCUT2D eigenvalue weighted by Gasteiger charge is 2.07. The van der Waals surface area contributed by atoms with E-state index in [1.54, 1.807) is 24.5 Å². The monoisotopic (exact) mass is 194 g/mol. The number of amidine groups is 1. The van der Waals surface area contributed by atoms with Crippen LogP contribution >= 0.6 is 0 Å². The molecule has 14 heavy (non-hydrogen) atoms. The van der Waals surface area contributed by atoms with E-state index in [0.29, 0.717) is 0 Å². The van der Waals surface area contributed by atoms with Crippen LogP contribution in [0.3, 0.4) is 0 Å². The van der Waals surface area contributed by atoms with E-state index in [9.17, 15) is 0 Å². The van der Waals surface area contributed by atoms with Crippen molar-refractivity contribution >= 4 is 11.5 Å². The Balaban J connectivity index is 2.78. The summed E-state index contributed by atoms with van der Waals surface area (Å²) in [6, 6.07) is 3.54. The summed E-state index contributed by atoms with van der Waals surface area (Å²) < 4.78 is 0. The Labute approximate surface area is 80.4 Å². The van der Waals surface area contributed by atoms with Crippen LogP contribution in [0, 0.1) is 0 Å². The number of aromatic nitrogens is 1. The second-order valence-corrected chi connectivity index (χ2v) is 2.57. The highest BCUT2D eigenvalue weighted by atomic mass is 16.4. The number of nitrogens with two attached hydrogens (primary N) is 1. The van der Waals surface area contributed by atoms with E-state index in [1.807, 2.05) is 0 Å². The van der Waals surface area contributed by atoms with Gasteiger partial charge < -0.3 is 16.1 Å². The normalized spacial score (nSPS) is 12.9. The number of hydrogen-bond acceptors (Lipinski definition) is 5. The summed E-state index contributed by atoms with van der Waals surface area (Å²) in [5.74, 6) is -0.212. The molecule has 1 rings (SSSR count). The maximum absolute atomic E-state index is 8.58. The number of oxime groups is 2. The molecule has 4 N–H and O–H groups in total. The van der Waals surface area contributed by atoms with E-state index in [2.05, 4.69) is 15.3 Å². The van der Waals surface area contributed by atoms with Crippen molar-refractivity contribution in [1.29, 1.82) is 0 Å². The van der Waals surface area contributed by atoms with Crippen molar-refractivity contribution in [3.63, 3.8) is 0 Å². The van der Waals surface area contributed by atoms with Crippen LogP contribution in [0.4, 0.5) is 0 Å². The van der Waals surface area contributed by atoms with Gasteiger partial charge in [0.1, 0.15) is 5.71 Å². The van der Waals surface area contributed by atoms with Gasteiger partial charge in [-0.2, -0.15) is 0 Å². The number of nitrogens with zero attached hydrogens (tertiary/aromatic N) is 3. The maximum atomic E-state index is 8.58. The highest BCUT2D eigenvalue weighted by molar-refractivity contribution is 6.40. The van der Waals surface area contributed by atoms with Crippen LogP contribution in [0.1, 0.15) is 5.56 Å². The predicted molar refractivity (Wildman–Crippen MR) is 50.6 cm³/mol. The topological polar surface area (TPSA) is 104 Å². The summed E-state index contributed by atoms with van der Waals surface area (Å²) in [4.78, 5) is 3.88. The molecule has 1 aromatic rings. The lowest BCUT2D eigenvalue weighted by molar-refractivity contribution is 0.313. The standard InChI is InChI=1S/C8H10N4O2/c9-8(12-14)7(11-13)4-6-2-1-3-10-5-6/h1-3,5,13-14H,4H2,(H2,9,12). The van der Waals surface area contributed by atoms with Crippen LogP contribution in [0.2, 0.25) is 0 Å². The number of hydrogen-bond donors (Lipinski definition) is 3. The molecule has 0 saturated heterocycles. The molecule has 0 aromatic carbocycles. The first-order chi connectivity index (χ1) is 6.77. The van der Waals surface area contributed by atoms with Gasteiger partial charge in [-0.15, -0.1) is 0 Å². The van der Waals surface area contributed by atoms with E-state index in [-0.39, 0.29) is 18.0 Å². The van der Waals surface area contributed by atoms with E-state index in [1.165, 1.54) is 0 Å². The minimum absolute atomic E-state index is 0.0977. The Bertz CT molecular complexity index is 348. The SMILES string of the molecule is NC(=NO)C(Cc1cccnc1)=NO. The lowest BCUT2D eigenvalue weighted by Gasteiger charge is -2.01. The lowest BCUT2D eigenvalue weighted by atomic mass is 10.1. The first kappa shape index (κ1) is 9.97. The van der Waals surface area contributed by atoms with Gasteiger partial charge in [-0.25, -0.2) is 0 Å². The third-order valence-electron chi connectivity index (χ3n) is 1.62. The molecule has 0 amide bonds. The summed E-state index contributed by atoms with van der Waals surface area (Å²) in [5, 5.41) is 22.6. The molecule has 0 saturated carbocycles. The van der Waals surface area contributed by atoms with Gasteiger partial charge in [0.2, 0.25) is 0 Å². The van der Waals surface area contributed by atoms with Gasteiger partial charge in [-0.3, -0.25) is 4.98 Å². The van der Waals surface area contributed by atoms with Crippen molar-refractivity contribution in [2.24, 2.45) is 16.0 Å². The zero-order valence-corrected chi connectivity index (χ0v) is 7.33. The van der Waals surface area contributed by atoms with Crippen LogP contribution in [0.5, 0.6) is 0 Å². The molecule has 0 spiro atoms. The number of pyridine rings is 1. The Hall–Kier alpha value is -2.11. The summed E-state index contributed by atoms with van der Waals surface area (Å²) in [6.07, 6.45) is 3.50. The fourth-order valence-corrected chi connectivity index (χ4v) is 0.931. The van der Waals surface area contributed by atoms with Crippen LogP contribution in [0.15, 0.2) is 34.8 Å². The highest BCUT2D eigenvalue weighted by Crippen LogP contribution is 1.98. The second kappa shape index (κ2) is 4.80. The Morgan fingerprint density at radius 3 is 2.71 bits per heavy atom. The van der Waals surface area contributed by atoms with Crippen LogP contribution in [-0.4, -0.2) is 26.9 Å². The predicted octanol–water partition coefficient (Wildman–Crippen LogP) is 0.201. The Kier molecular flexibility index (Phi) is 3.42. The van der Waals surface area contributed by atoms with Gasteiger partial charge in [0.15, 0.2) is 5.84 Å². The van der Waals surface area contributed by atoms with Crippen molar-refractivity contribution in [2.75, 3.05) is 0 Å². The molecular weight excluding hydrogens is 184 g/mol. The largest absolute Gasteiger partial charge is 0.411 e. The fourth-order valence-electron chi connectivity index (χ4n) is 0.931. The molecule has 6 heteroatoms. The van der Waals surface area contributed by atoms with Crippen molar-refractivity contribution in [3.05, 3.63) is 30.1 Å². The summed E-state index contributed by atoms with van der Waals surface area (Å²) in [5.41, 5.74) is 6.17. The molecule has 0 aliphatic rings. The summed E-state index contributed by atoms with van der Waals surface area (Å²) in [6.45, 7) is 0. The first-order valence-electron chi connectivity index (χ1n) is 3.85. The average molecular weight is 194 g/mol. The molecule has 0 atom stereocenters. The molecule has 0 unspecified atom stereocenters. The van der Waals surface area contributed by atoms with E-state index < -0.39 is 0 Å². The van der Waals surface area contributed by atoms with Crippen molar-refractivity contribution < 1.29 is 10.4 Å².